The van der Waals surface area contributed by atoms with Crippen LogP contribution >= 0.6 is 0 Å². The Bertz CT molecular complexity index is 111. The minimum absolute atomic E-state index is 0.677. The Morgan fingerprint density at radius 1 is 1.00 bits per heavy atom. The number of hydrogen-bond acceptors (Lipinski definition) is 2. The van der Waals surface area contributed by atoms with Crippen molar-refractivity contribution in [2.45, 2.75) is 26.7 Å². The van der Waals surface area contributed by atoms with Crippen LogP contribution in [0.25, 0.3) is 0 Å². The van der Waals surface area contributed by atoms with Crippen LogP contribution in [0.1, 0.15) is 26.7 Å². The zero-order chi connectivity index (χ0) is 11.1. The van der Waals surface area contributed by atoms with Crippen molar-refractivity contribution in [2.24, 2.45) is 0 Å². The molecule has 0 aromatic carbocycles. The fourth-order valence-corrected chi connectivity index (χ4v) is 0.614. The maximum Gasteiger partial charge on any atom is 0.0644 e. The standard InChI is InChI=1S/C7H14O.C5H10O/c1-3-5-7-8-6-4-2;1-3-5-6-4-2/h4H,2-3,5-7H2,1H3;3H,1,4-5H2,2H3. The summed E-state index contributed by atoms with van der Waals surface area (Å²) in [5.74, 6) is 0. The molecule has 0 aliphatic carbocycles. The second-order valence-corrected chi connectivity index (χ2v) is 2.67. The van der Waals surface area contributed by atoms with Gasteiger partial charge in [-0.15, -0.1) is 13.2 Å². The summed E-state index contributed by atoms with van der Waals surface area (Å²) >= 11 is 0. The predicted octanol–water partition coefficient (Wildman–Crippen LogP) is 3.20. The van der Waals surface area contributed by atoms with Crippen LogP contribution in [0.5, 0.6) is 0 Å². The van der Waals surface area contributed by atoms with Crippen molar-refractivity contribution in [3.8, 4) is 0 Å². The van der Waals surface area contributed by atoms with Crippen molar-refractivity contribution in [2.75, 3.05) is 26.4 Å². The molecule has 0 heterocycles. The van der Waals surface area contributed by atoms with Crippen LogP contribution in [0.3, 0.4) is 0 Å². The van der Waals surface area contributed by atoms with Gasteiger partial charge in [-0.2, -0.15) is 0 Å². The van der Waals surface area contributed by atoms with Gasteiger partial charge in [0.1, 0.15) is 0 Å². The molecule has 84 valence electrons. The Morgan fingerprint density at radius 3 is 1.93 bits per heavy atom. The Hall–Kier alpha value is -0.600. The van der Waals surface area contributed by atoms with Crippen molar-refractivity contribution < 1.29 is 9.47 Å². The van der Waals surface area contributed by atoms with Gasteiger partial charge in [-0.25, -0.2) is 0 Å². The molecule has 0 rings (SSSR count). The molecule has 0 unspecified atom stereocenters. The van der Waals surface area contributed by atoms with Gasteiger partial charge in [0.25, 0.3) is 0 Å². The average molecular weight is 200 g/mol. The van der Waals surface area contributed by atoms with Crippen molar-refractivity contribution in [1.82, 2.24) is 0 Å². The molecule has 0 spiro atoms. The third-order valence-corrected chi connectivity index (χ3v) is 1.32. The third-order valence-electron chi connectivity index (χ3n) is 1.32. The maximum absolute atomic E-state index is 5.11. The van der Waals surface area contributed by atoms with Crippen molar-refractivity contribution in [3.63, 3.8) is 0 Å². The smallest absolute Gasteiger partial charge is 0.0644 e. The maximum atomic E-state index is 5.11. The second-order valence-electron chi connectivity index (χ2n) is 2.67. The summed E-state index contributed by atoms with van der Waals surface area (Å²) in [4.78, 5) is 0. The molecular formula is C12H24O2. The number of ether oxygens (including phenoxy) is 2. The normalized spacial score (nSPS) is 8.71. The van der Waals surface area contributed by atoms with Gasteiger partial charge < -0.3 is 9.47 Å². The largest absolute Gasteiger partial charge is 0.378 e. The van der Waals surface area contributed by atoms with E-state index in [2.05, 4.69) is 20.1 Å². The Labute approximate surface area is 88.6 Å². The number of hydrogen-bond donors (Lipinski definition) is 0. The van der Waals surface area contributed by atoms with E-state index >= 15 is 0 Å². The van der Waals surface area contributed by atoms with E-state index in [-0.39, 0.29) is 0 Å². The lowest BCUT2D eigenvalue weighted by atomic mass is 10.4. The molecule has 0 saturated carbocycles. The Kier molecular flexibility index (Phi) is 20.7. The van der Waals surface area contributed by atoms with Crippen LogP contribution in [0.4, 0.5) is 0 Å². The molecule has 0 saturated heterocycles. The molecule has 0 aliphatic rings. The first-order valence-electron chi connectivity index (χ1n) is 5.20. The van der Waals surface area contributed by atoms with Crippen LogP contribution in [0.2, 0.25) is 0 Å². The van der Waals surface area contributed by atoms with Gasteiger partial charge in [-0.3, -0.25) is 0 Å². The number of unbranched alkanes of at least 4 members (excludes halogenated alkanes) is 1. The van der Waals surface area contributed by atoms with E-state index in [9.17, 15) is 0 Å². The molecule has 0 fully saturated rings. The summed E-state index contributed by atoms with van der Waals surface area (Å²) in [6.45, 7) is 14.2. The van der Waals surface area contributed by atoms with E-state index in [4.69, 9.17) is 9.47 Å². The zero-order valence-corrected chi connectivity index (χ0v) is 9.63. The minimum atomic E-state index is 0.677. The zero-order valence-electron chi connectivity index (χ0n) is 9.63. The molecule has 0 N–H and O–H groups in total. The van der Waals surface area contributed by atoms with Gasteiger partial charge in [0, 0.05) is 13.2 Å². The lowest BCUT2D eigenvalue weighted by Gasteiger charge is -1.95. The monoisotopic (exact) mass is 200 g/mol. The summed E-state index contributed by atoms with van der Waals surface area (Å²) in [5.41, 5.74) is 0. The van der Waals surface area contributed by atoms with Gasteiger partial charge in [0.05, 0.1) is 13.2 Å². The molecular weight excluding hydrogens is 176 g/mol. The molecule has 0 aromatic rings. The van der Waals surface area contributed by atoms with E-state index in [1.165, 1.54) is 6.42 Å². The first-order valence-corrected chi connectivity index (χ1v) is 5.20. The molecule has 0 aromatic heterocycles. The molecule has 2 heteroatoms. The van der Waals surface area contributed by atoms with Crippen LogP contribution in [0, 0.1) is 0 Å². The fraction of sp³-hybridized carbons (Fsp3) is 0.667. The summed E-state index contributed by atoms with van der Waals surface area (Å²) in [6.07, 6.45) is 5.88. The summed E-state index contributed by atoms with van der Waals surface area (Å²) in [7, 11) is 0. The molecule has 0 aliphatic heterocycles. The summed E-state index contributed by atoms with van der Waals surface area (Å²) in [5, 5.41) is 0. The van der Waals surface area contributed by atoms with Gasteiger partial charge in [0.2, 0.25) is 0 Å². The highest BCUT2D eigenvalue weighted by molar-refractivity contribution is 4.63. The highest BCUT2D eigenvalue weighted by Gasteiger charge is 1.79. The highest BCUT2D eigenvalue weighted by atomic mass is 16.5. The van der Waals surface area contributed by atoms with E-state index in [1.54, 1.807) is 12.2 Å². The average Bonchev–Trinajstić information content (AvgIpc) is 2.22. The van der Waals surface area contributed by atoms with Gasteiger partial charge in [0.15, 0.2) is 0 Å². The first-order chi connectivity index (χ1) is 6.83. The molecule has 2 nitrogen and oxygen atoms in total. The van der Waals surface area contributed by atoms with Gasteiger partial charge in [-0.1, -0.05) is 25.5 Å². The van der Waals surface area contributed by atoms with Gasteiger partial charge in [-0.05, 0) is 13.3 Å². The third kappa shape index (κ3) is 22.5. The molecule has 0 bridgehead atoms. The first kappa shape index (κ1) is 15.9. The Morgan fingerprint density at radius 2 is 1.57 bits per heavy atom. The second kappa shape index (κ2) is 18.2. The summed E-state index contributed by atoms with van der Waals surface area (Å²) in [6, 6.07) is 0. The minimum Gasteiger partial charge on any atom is -0.378 e. The molecule has 0 amide bonds. The van der Waals surface area contributed by atoms with Crippen LogP contribution in [0.15, 0.2) is 25.3 Å². The summed E-state index contributed by atoms with van der Waals surface area (Å²) < 4.78 is 9.97. The van der Waals surface area contributed by atoms with Crippen LogP contribution in [-0.4, -0.2) is 26.4 Å². The fourth-order valence-electron chi connectivity index (χ4n) is 0.614. The van der Waals surface area contributed by atoms with Crippen molar-refractivity contribution >= 4 is 0 Å². The topological polar surface area (TPSA) is 18.5 Å². The van der Waals surface area contributed by atoms with Gasteiger partial charge >= 0.3 is 0 Å². The number of rotatable bonds is 8. The lowest BCUT2D eigenvalue weighted by molar-refractivity contribution is 0.159. The SMILES string of the molecule is C=CCOCC.C=CCOCCCC. The van der Waals surface area contributed by atoms with E-state index in [0.29, 0.717) is 13.2 Å². The predicted molar refractivity (Wildman–Crippen MR) is 62.6 cm³/mol. The van der Waals surface area contributed by atoms with E-state index < -0.39 is 0 Å². The van der Waals surface area contributed by atoms with E-state index in [1.807, 2.05) is 6.92 Å². The molecule has 0 atom stereocenters. The van der Waals surface area contributed by atoms with Crippen molar-refractivity contribution in [3.05, 3.63) is 25.3 Å². The highest BCUT2D eigenvalue weighted by Crippen LogP contribution is 1.86. The molecule has 0 radical (unpaired) electrons. The lowest BCUT2D eigenvalue weighted by Crippen LogP contribution is -1.91. The Balaban J connectivity index is 0. The van der Waals surface area contributed by atoms with Crippen LogP contribution in [-0.2, 0) is 9.47 Å². The van der Waals surface area contributed by atoms with Crippen LogP contribution < -0.4 is 0 Å². The van der Waals surface area contributed by atoms with E-state index in [0.717, 1.165) is 19.6 Å². The molecule has 14 heavy (non-hydrogen) atoms. The van der Waals surface area contributed by atoms with Crippen molar-refractivity contribution in [1.29, 1.82) is 0 Å². The quantitative estimate of drug-likeness (QED) is 0.442.